The monoisotopic (exact) mass is 594 g/mol. The van der Waals surface area contributed by atoms with Gasteiger partial charge in [0.25, 0.3) is 0 Å². The Labute approximate surface area is 252 Å². The maximum absolute atomic E-state index is 13.7. The van der Waals surface area contributed by atoms with Crippen molar-refractivity contribution in [3.8, 4) is 0 Å². The fourth-order valence-electron chi connectivity index (χ4n) is 6.56. The highest BCUT2D eigenvalue weighted by Gasteiger charge is 2.39. The molecule has 5 N–H and O–H groups in total. The van der Waals surface area contributed by atoms with Crippen molar-refractivity contribution in [2.75, 3.05) is 50.7 Å². The molecule has 0 unspecified atom stereocenters. The number of hydrogen-bond donors (Lipinski definition) is 4. The number of hydrogen-bond acceptors (Lipinski definition) is 8. The molecule has 2 aromatic heterocycles. The number of H-pyrrole nitrogens is 1. The van der Waals surface area contributed by atoms with Gasteiger partial charge in [-0.05, 0) is 81.8 Å². The molecule has 0 saturated carbocycles. The van der Waals surface area contributed by atoms with Crippen LogP contribution in [0.15, 0.2) is 42.9 Å². The van der Waals surface area contributed by atoms with E-state index in [0.717, 1.165) is 87.2 Å². The number of nitrogens with two attached hydrogens (primary N) is 1. The second kappa shape index (κ2) is 13.3. The highest BCUT2D eigenvalue weighted by molar-refractivity contribution is 6.30. The molecule has 3 fully saturated rings. The Morgan fingerprint density at radius 2 is 1.76 bits per heavy atom. The van der Waals surface area contributed by atoms with E-state index in [9.17, 15) is 4.79 Å². The molecule has 1 atom stereocenters. The van der Waals surface area contributed by atoms with Crippen LogP contribution in [0.3, 0.4) is 0 Å². The van der Waals surface area contributed by atoms with Crippen LogP contribution in [0.25, 0.3) is 11.0 Å². The first-order chi connectivity index (χ1) is 20.5. The standard InChI is InChI=1S/C31H43ClN8O2/c32-23-3-1-22(2-4-23)27(10-18-39-16-8-25(9-17-39)42-24-5-13-34-14-6-24)38-30(41)31(33)11-19-40(20-12-31)29-26-7-15-35-28(26)36-21-37-29/h1-4,7,15,21,24-25,27,34H,5-6,8-14,16-20,33H2,(H,38,41)(H,35,36,37)/t27-/m0/s1. The molecule has 6 rings (SSSR count). The molecular formula is C31H43ClN8O2. The number of carbonyl (C=O) groups excluding carboxylic acids is 1. The Morgan fingerprint density at radius 1 is 1.05 bits per heavy atom. The molecule has 0 aliphatic carbocycles. The zero-order valence-corrected chi connectivity index (χ0v) is 25.0. The van der Waals surface area contributed by atoms with Crippen LogP contribution in [0, 0.1) is 0 Å². The smallest absolute Gasteiger partial charge is 0.240 e. The maximum atomic E-state index is 13.7. The van der Waals surface area contributed by atoms with Crippen molar-refractivity contribution in [2.24, 2.45) is 5.73 Å². The number of halogens is 1. The van der Waals surface area contributed by atoms with Gasteiger partial charge in [0.15, 0.2) is 0 Å². The molecule has 0 spiro atoms. The number of piperidine rings is 3. The van der Waals surface area contributed by atoms with Gasteiger partial charge in [-0.15, -0.1) is 0 Å². The second-order valence-corrected chi connectivity index (χ2v) is 12.5. The highest BCUT2D eigenvalue weighted by atomic mass is 35.5. The van der Waals surface area contributed by atoms with Crippen molar-refractivity contribution in [2.45, 2.75) is 68.7 Å². The summed E-state index contributed by atoms with van der Waals surface area (Å²) in [5.74, 6) is 0.790. The molecule has 3 aliphatic rings. The summed E-state index contributed by atoms with van der Waals surface area (Å²) in [5.41, 5.74) is 7.72. The van der Waals surface area contributed by atoms with Gasteiger partial charge in [0.1, 0.15) is 17.8 Å². The largest absolute Gasteiger partial charge is 0.375 e. The molecule has 226 valence electrons. The highest BCUT2D eigenvalue weighted by Crippen LogP contribution is 2.30. The predicted octanol–water partition coefficient (Wildman–Crippen LogP) is 3.39. The maximum Gasteiger partial charge on any atom is 0.240 e. The lowest BCUT2D eigenvalue weighted by Gasteiger charge is -2.39. The summed E-state index contributed by atoms with van der Waals surface area (Å²) >= 11 is 6.19. The number of amides is 1. The lowest BCUT2D eigenvalue weighted by molar-refractivity contribution is -0.128. The van der Waals surface area contributed by atoms with Crippen molar-refractivity contribution in [3.63, 3.8) is 0 Å². The van der Waals surface area contributed by atoms with E-state index in [1.54, 1.807) is 6.33 Å². The summed E-state index contributed by atoms with van der Waals surface area (Å²) in [5, 5.41) is 8.41. The number of nitrogens with zero attached hydrogens (tertiary/aromatic N) is 4. The third kappa shape index (κ3) is 6.89. The number of fused-ring (bicyclic) bond motifs is 1. The van der Waals surface area contributed by atoms with Crippen LogP contribution in [-0.4, -0.2) is 89.3 Å². The van der Waals surface area contributed by atoms with Gasteiger partial charge in [-0.3, -0.25) is 4.79 Å². The zero-order valence-electron chi connectivity index (χ0n) is 24.2. The van der Waals surface area contributed by atoms with Gasteiger partial charge in [-0.25, -0.2) is 9.97 Å². The van der Waals surface area contributed by atoms with Gasteiger partial charge >= 0.3 is 0 Å². The van der Waals surface area contributed by atoms with Crippen molar-refractivity contribution in [1.29, 1.82) is 0 Å². The number of carbonyl (C=O) groups is 1. The Hall–Kier alpha value is -2.76. The van der Waals surface area contributed by atoms with Crippen molar-refractivity contribution >= 4 is 34.4 Å². The van der Waals surface area contributed by atoms with Crippen LogP contribution in [0.4, 0.5) is 5.82 Å². The summed E-state index contributed by atoms with van der Waals surface area (Å²) in [6.07, 6.45) is 10.5. The van der Waals surface area contributed by atoms with Crippen molar-refractivity contribution in [1.82, 2.24) is 30.5 Å². The molecule has 3 saturated heterocycles. The minimum absolute atomic E-state index is 0.0920. The lowest BCUT2D eigenvalue weighted by Crippen LogP contribution is -2.60. The molecular weight excluding hydrogens is 552 g/mol. The topological polar surface area (TPSA) is 124 Å². The summed E-state index contributed by atoms with van der Waals surface area (Å²) in [7, 11) is 0. The van der Waals surface area contributed by atoms with E-state index in [0.29, 0.717) is 43.2 Å². The summed E-state index contributed by atoms with van der Waals surface area (Å²) < 4.78 is 6.41. The number of likely N-dealkylation sites (tertiary alicyclic amines) is 1. The Morgan fingerprint density at radius 3 is 2.50 bits per heavy atom. The molecule has 3 aromatic rings. The van der Waals surface area contributed by atoms with Gasteiger partial charge in [0, 0.05) is 43.9 Å². The van der Waals surface area contributed by atoms with E-state index in [2.05, 4.69) is 35.4 Å². The first kappa shape index (κ1) is 29.3. The number of aromatic nitrogens is 3. The normalized spacial score (nSPS) is 21.4. The number of anilines is 1. The van der Waals surface area contributed by atoms with Crippen LogP contribution in [0.5, 0.6) is 0 Å². The molecule has 1 amide bonds. The minimum atomic E-state index is -0.935. The third-order valence-corrected chi connectivity index (χ3v) is 9.51. The summed E-state index contributed by atoms with van der Waals surface area (Å²) in [4.78, 5) is 30.4. The SMILES string of the molecule is NC1(C(=O)N[C@@H](CCN2CCC(OC3CCNCC3)CC2)c2ccc(Cl)cc2)CCN(c2ncnc3[nH]ccc23)CC1. The number of aromatic amines is 1. The molecule has 11 heteroatoms. The quantitative estimate of drug-likeness (QED) is 0.297. The molecule has 42 heavy (non-hydrogen) atoms. The van der Waals surface area contributed by atoms with Crippen LogP contribution in [0.2, 0.25) is 5.02 Å². The van der Waals surface area contributed by atoms with E-state index in [1.165, 1.54) is 0 Å². The van der Waals surface area contributed by atoms with E-state index in [4.69, 9.17) is 22.1 Å². The average Bonchev–Trinajstić information content (AvgIpc) is 3.51. The van der Waals surface area contributed by atoms with Crippen LogP contribution >= 0.6 is 11.6 Å². The van der Waals surface area contributed by atoms with E-state index in [1.807, 2.05) is 36.5 Å². The Balaban J connectivity index is 1.04. The van der Waals surface area contributed by atoms with E-state index < -0.39 is 5.54 Å². The van der Waals surface area contributed by atoms with Gasteiger partial charge in [-0.1, -0.05) is 23.7 Å². The van der Waals surface area contributed by atoms with Crippen LogP contribution in [0.1, 0.15) is 56.6 Å². The van der Waals surface area contributed by atoms with Gasteiger partial charge in [0.2, 0.25) is 5.91 Å². The number of nitrogens with one attached hydrogen (secondary N) is 3. The van der Waals surface area contributed by atoms with Crippen molar-refractivity contribution < 1.29 is 9.53 Å². The Bertz CT molecular complexity index is 1310. The molecule has 10 nitrogen and oxygen atoms in total. The van der Waals surface area contributed by atoms with Crippen molar-refractivity contribution in [3.05, 3.63) is 53.4 Å². The molecule has 3 aliphatic heterocycles. The average molecular weight is 595 g/mol. The van der Waals surface area contributed by atoms with Crippen LogP contribution < -0.4 is 21.3 Å². The first-order valence-electron chi connectivity index (χ1n) is 15.4. The van der Waals surface area contributed by atoms with E-state index in [-0.39, 0.29) is 11.9 Å². The third-order valence-electron chi connectivity index (χ3n) is 9.26. The molecule has 0 bridgehead atoms. The van der Waals surface area contributed by atoms with E-state index >= 15 is 0 Å². The zero-order chi connectivity index (χ0) is 28.9. The van der Waals surface area contributed by atoms with Gasteiger partial charge < -0.3 is 35.9 Å². The van der Waals surface area contributed by atoms with Crippen LogP contribution in [-0.2, 0) is 9.53 Å². The first-order valence-corrected chi connectivity index (χ1v) is 15.8. The predicted molar refractivity (Wildman–Crippen MR) is 166 cm³/mol. The number of ether oxygens (including phenoxy) is 1. The van der Waals surface area contributed by atoms with Gasteiger partial charge in [-0.2, -0.15) is 0 Å². The molecule has 5 heterocycles. The fourth-order valence-corrected chi connectivity index (χ4v) is 6.68. The lowest BCUT2D eigenvalue weighted by atomic mass is 9.86. The van der Waals surface area contributed by atoms with Gasteiger partial charge in [0.05, 0.1) is 29.2 Å². The molecule has 0 radical (unpaired) electrons. The molecule has 1 aromatic carbocycles. The fraction of sp³-hybridized carbons (Fsp3) is 0.581. The summed E-state index contributed by atoms with van der Waals surface area (Å²) in [6, 6.07) is 9.64. The Kier molecular flexibility index (Phi) is 9.26. The minimum Gasteiger partial charge on any atom is -0.375 e. The number of benzene rings is 1. The summed E-state index contributed by atoms with van der Waals surface area (Å²) in [6.45, 7) is 6.36. The second-order valence-electron chi connectivity index (χ2n) is 12.1. The number of rotatable bonds is 9.